The minimum absolute atomic E-state index is 0.0929. The molecule has 0 atom stereocenters. The van der Waals surface area contributed by atoms with E-state index in [0.717, 1.165) is 36.1 Å². The second-order valence-electron chi connectivity index (χ2n) is 11.5. The molecule has 1 aliphatic carbocycles. The number of carbonyl (C=O) groups excluding carboxylic acids is 2. The Bertz CT molecular complexity index is 1430. The lowest BCUT2D eigenvalue weighted by Gasteiger charge is -2.35. The minimum atomic E-state index is -0.382. The van der Waals surface area contributed by atoms with Gasteiger partial charge < -0.3 is 25.8 Å². The molecule has 7 nitrogen and oxygen atoms in total. The van der Waals surface area contributed by atoms with Crippen molar-refractivity contribution in [1.82, 2.24) is 5.32 Å². The minimum Gasteiger partial charge on any atom is -0.465 e. The van der Waals surface area contributed by atoms with Crippen LogP contribution in [0.15, 0.2) is 59.1 Å². The van der Waals surface area contributed by atoms with Gasteiger partial charge in [0.25, 0.3) is 0 Å². The molecule has 1 saturated carbocycles. The second-order valence-corrected chi connectivity index (χ2v) is 13.1. The number of hydrogen-bond acceptors (Lipinski definition) is 7. The SMILES string of the molecule is CC1(NCc2cc(C(=O)OCCCCCOC(=O)Cc3ccccc3Nc3c(Cl)cccc3Cl)cc(Br)c2N)CCCCC1. The average Bonchev–Trinajstić information content (AvgIpc) is 3.00. The summed E-state index contributed by atoms with van der Waals surface area (Å²) in [5.74, 6) is -0.708. The van der Waals surface area contributed by atoms with E-state index in [1.165, 1.54) is 19.3 Å². The normalized spacial score (nSPS) is 14.2. The largest absolute Gasteiger partial charge is 0.465 e. The zero-order valence-corrected chi connectivity index (χ0v) is 28.1. The van der Waals surface area contributed by atoms with Crippen LogP contribution in [-0.2, 0) is 27.2 Å². The lowest BCUT2D eigenvalue weighted by atomic mass is 9.83. The lowest BCUT2D eigenvalue weighted by Crippen LogP contribution is -2.43. The monoisotopic (exact) mass is 703 g/mol. The summed E-state index contributed by atoms with van der Waals surface area (Å²) >= 11 is 16.1. The van der Waals surface area contributed by atoms with Gasteiger partial charge in [-0.05, 0) is 96.4 Å². The van der Waals surface area contributed by atoms with Gasteiger partial charge in [0.2, 0.25) is 0 Å². The number of nitrogens with one attached hydrogen (secondary N) is 2. The maximum absolute atomic E-state index is 12.8. The number of halogens is 3. The first kappa shape index (κ1) is 34.1. The predicted octanol–water partition coefficient (Wildman–Crippen LogP) is 9.01. The third-order valence-electron chi connectivity index (χ3n) is 7.97. The molecule has 0 bridgehead atoms. The van der Waals surface area contributed by atoms with Crippen LogP contribution in [0.4, 0.5) is 17.1 Å². The summed E-state index contributed by atoms with van der Waals surface area (Å²) < 4.78 is 11.7. The number of para-hydroxylation sites is 2. The lowest BCUT2D eigenvalue weighted by molar-refractivity contribution is -0.142. The fourth-order valence-electron chi connectivity index (χ4n) is 5.33. The number of hydrogen-bond donors (Lipinski definition) is 3. The molecular weight excluding hydrogens is 665 g/mol. The van der Waals surface area contributed by atoms with E-state index in [2.05, 4.69) is 33.5 Å². The quantitative estimate of drug-likeness (QED) is 0.0874. The summed E-state index contributed by atoms with van der Waals surface area (Å²) in [6, 6.07) is 16.2. The summed E-state index contributed by atoms with van der Waals surface area (Å²) in [7, 11) is 0. The Kier molecular flexibility index (Phi) is 12.8. The molecule has 0 spiro atoms. The molecule has 44 heavy (non-hydrogen) atoms. The fourth-order valence-corrected chi connectivity index (χ4v) is 6.32. The molecule has 1 fully saturated rings. The highest BCUT2D eigenvalue weighted by molar-refractivity contribution is 9.10. The molecule has 0 aromatic heterocycles. The standard InChI is InChI=1S/C34H40BrCl2N3O4/c1-34(15-6-2-7-16-34)39-22-25-19-24(20-26(35)31(25)38)33(42)44-18-9-3-8-17-43-30(41)21-23-11-4-5-14-29(23)40-32-27(36)12-10-13-28(32)37/h4-5,10-14,19-20,39-40H,2-3,6-9,15-18,21-22,38H2,1H3. The summed E-state index contributed by atoms with van der Waals surface area (Å²) in [6.45, 7) is 3.43. The molecule has 0 heterocycles. The molecule has 3 aromatic rings. The highest BCUT2D eigenvalue weighted by Crippen LogP contribution is 2.34. The van der Waals surface area contributed by atoms with E-state index in [-0.39, 0.29) is 30.5 Å². The molecule has 10 heteroatoms. The number of benzene rings is 3. The van der Waals surface area contributed by atoms with Gasteiger partial charge in [-0.1, -0.05) is 66.7 Å². The number of unbranched alkanes of at least 4 members (excludes halogenated alkanes) is 2. The molecule has 236 valence electrons. The van der Waals surface area contributed by atoms with Crippen molar-refractivity contribution in [1.29, 1.82) is 0 Å². The molecular formula is C34H40BrCl2N3O4. The number of anilines is 3. The summed E-state index contributed by atoms with van der Waals surface area (Å²) in [6.07, 6.45) is 8.21. The van der Waals surface area contributed by atoms with Gasteiger partial charge in [-0.3, -0.25) is 4.79 Å². The van der Waals surface area contributed by atoms with Gasteiger partial charge in [-0.2, -0.15) is 0 Å². The maximum atomic E-state index is 12.8. The van der Waals surface area contributed by atoms with Gasteiger partial charge in [0, 0.05) is 22.2 Å². The van der Waals surface area contributed by atoms with Crippen LogP contribution in [0.2, 0.25) is 10.0 Å². The van der Waals surface area contributed by atoms with Crippen LogP contribution in [0.1, 0.15) is 79.8 Å². The van der Waals surface area contributed by atoms with Crippen molar-refractivity contribution in [2.75, 3.05) is 24.3 Å². The molecule has 1 aliphatic rings. The number of rotatable bonds is 14. The molecule has 0 unspecified atom stereocenters. The molecule has 0 amide bonds. The Hall–Kier alpha value is -2.78. The Balaban J connectivity index is 1.16. The van der Waals surface area contributed by atoms with Crippen molar-refractivity contribution >= 4 is 68.1 Å². The van der Waals surface area contributed by atoms with E-state index in [4.69, 9.17) is 38.4 Å². The fraction of sp³-hybridized carbons (Fsp3) is 0.412. The third-order valence-corrected chi connectivity index (χ3v) is 9.26. The topological polar surface area (TPSA) is 103 Å². The summed E-state index contributed by atoms with van der Waals surface area (Å²) in [5.41, 5.74) is 10.5. The van der Waals surface area contributed by atoms with Gasteiger partial charge >= 0.3 is 11.9 Å². The molecule has 4 N–H and O–H groups in total. The van der Waals surface area contributed by atoms with Gasteiger partial charge in [0.15, 0.2) is 0 Å². The smallest absolute Gasteiger partial charge is 0.338 e. The van der Waals surface area contributed by atoms with Crippen LogP contribution in [0.25, 0.3) is 0 Å². The van der Waals surface area contributed by atoms with Crippen LogP contribution >= 0.6 is 39.1 Å². The number of nitrogens with two attached hydrogens (primary N) is 1. The summed E-state index contributed by atoms with van der Waals surface area (Å²) in [5, 5.41) is 7.87. The first-order valence-electron chi connectivity index (χ1n) is 15.1. The first-order valence-corrected chi connectivity index (χ1v) is 16.6. The highest BCUT2D eigenvalue weighted by atomic mass is 79.9. The van der Waals surface area contributed by atoms with Gasteiger partial charge in [-0.25, -0.2) is 4.79 Å². The number of esters is 2. The molecule has 0 radical (unpaired) electrons. The molecule has 0 saturated heterocycles. The van der Waals surface area contributed by atoms with Crippen molar-refractivity contribution in [3.8, 4) is 0 Å². The summed E-state index contributed by atoms with van der Waals surface area (Å²) in [4.78, 5) is 25.3. The maximum Gasteiger partial charge on any atom is 0.338 e. The average molecular weight is 706 g/mol. The number of nitrogen functional groups attached to an aromatic ring is 1. The van der Waals surface area contributed by atoms with Crippen molar-refractivity contribution in [3.05, 3.63) is 85.8 Å². The molecule has 3 aromatic carbocycles. The van der Waals surface area contributed by atoms with Crippen molar-refractivity contribution < 1.29 is 19.1 Å². The Morgan fingerprint density at radius 1 is 0.909 bits per heavy atom. The van der Waals surface area contributed by atoms with Crippen LogP contribution < -0.4 is 16.4 Å². The molecule has 0 aliphatic heterocycles. The van der Waals surface area contributed by atoms with Crippen molar-refractivity contribution in [3.63, 3.8) is 0 Å². The van der Waals surface area contributed by atoms with Gasteiger partial charge in [0.05, 0.1) is 46.6 Å². The second kappa shape index (κ2) is 16.5. The number of ether oxygens (including phenoxy) is 2. The van der Waals surface area contributed by atoms with Gasteiger partial charge in [-0.15, -0.1) is 0 Å². The van der Waals surface area contributed by atoms with Gasteiger partial charge in [0.1, 0.15) is 0 Å². The van der Waals surface area contributed by atoms with E-state index in [0.29, 0.717) is 57.4 Å². The highest BCUT2D eigenvalue weighted by Gasteiger charge is 2.26. The van der Waals surface area contributed by atoms with E-state index in [1.807, 2.05) is 30.3 Å². The van der Waals surface area contributed by atoms with E-state index >= 15 is 0 Å². The van der Waals surface area contributed by atoms with E-state index in [9.17, 15) is 9.59 Å². The van der Waals surface area contributed by atoms with Crippen LogP contribution in [0, 0.1) is 0 Å². The van der Waals surface area contributed by atoms with Crippen LogP contribution in [0.5, 0.6) is 0 Å². The van der Waals surface area contributed by atoms with Crippen molar-refractivity contribution in [2.45, 2.75) is 76.8 Å². The van der Waals surface area contributed by atoms with Crippen LogP contribution in [-0.4, -0.2) is 30.7 Å². The van der Waals surface area contributed by atoms with E-state index < -0.39 is 0 Å². The molecule has 4 rings (SSSR count). The zero-order chi connectivity index (χ0) is 31.5. The Labute approximate surface area is 278 Å². The zero-order valence-electron chi connectivity index (χ0n) is 25.0. The predicted molar refractivity (Wildman–Crippen MR) is 182 cm³/mol. The van der Waals surface area contributed by atoms with E-state index in [1.54, 1.807) is 24.3 Å². The Morgan fingerprint density at radius 3 is 2.32 bits per heavy atom. The first-order chi connectivity index (χ1) is 21.1. The van der Waals surface area contributed by atoms with Crippen LogP contribution in [0.3, 0.4) is 0 Å². The Morgan fingerprint density at radius 2 is 1.59 bits per heavy atom. The third kappa shape index (κ3) is 9.86. The van der Waals surface area contributed by atoms with Crippen molar-refractivity contribution in [2.24, 2.45) is 0 Å². The number of carbonyl (C=O) groups is 2.